The maximum Gasteiger partial charge on any atom is 0.341 e. The molecule has 1 aromatic carbocycles. The molecule has 2 fully saturated rings. The molecule has 0 amide bonds. The Hall–Kier alpha value is -2.64. The van der Waals surface area contributed by atoms with Gasteiger partial charge in [-0.1, -0.05) is 24.3 Å². The number of pyridine rings is 1. The van der Waals surface area contributed by atoms with E-state index in [4.69, 9.17) is 9.47 Å². The number of aromatic carboxylic acids is 1. The third-order valence-corrected chi connectivity index (χ3v) is 6.13. The molecule has 0 bridgehead atoms. The molecule has 28 heavy (non-hydrogen) atoms. The van der Waals surface area contributed by atoms with Gasteiger partial charge in [-0.05, 0) is 32.3 Å². The molecular formula is C21H22N2O5. The van der Waals surface area contributed by atoms with Gasteiger partial charge in [0.15, 0.2) is 11.2 Å². The van der Waals surface area contributed by atoms with E-state index in [1.807, 2.05) is 36.7 Å². The highest BCUT2D eigenvalue weighted by molar-refractivity contribution is 5.88. The van der Waals surface area contributed by atoms with Gasteiger partial charge in [-0.25, -0.2) is 4.79 Å². The predicted molar refractivity (Wildman–Crippen MR) is 102 cm³/mol. The first-order valence-electron chi connectivity index (χ1n) is 9.48. The van der Waals surface area contributed by atoms with Gasteiger partial charge in [0.25, 0.3) is 0 Å². The van der Waals surface area contributed by atoms with Crippen LogP contribution in [0.5, 0.6) is 0 Å². The number of rotatable bonds is 1. The van der Waals surface area contributed by atoms with E-state index in [1.165, 1.54) is 12.3 Å². The lowest BCUT2D eigenvalue weighted by atomic mass is 9.94. The average Bonchev–Trinajstić information content (AvgIpc) is 3.04. The summed E-state index contributed by atoms with van der Waals surface area (Å²) in [5, 5.41) is 11.7. The van der Waals surface area contributed by atoms with Crippen LogP contribution in [0.25, 0.3) is 11.3 Å². The fraction of sp³-hybridized carbons (Fsp3) is 0.429. The number of hydrogen-bond acceptors (Lipinski definition) is 5. The van der Waals surface area contributed by atoms with Crippen molar-refractivity contribution in [3.63, 3.8) is 0 Å². The minimum Gasteiger partial charge on any atom is -0.477 e. The third-order valence-electron chi connectivity index (χ3n) is 6.13. The second-order valence-electron chi connectivity index (χ2n) is 8.27. The fourth-order valence-corrected chi connectivity index (χ4v) is 4.70. The second-order valence-corrected chi connectivity index (χ2v) is 8.27. The summed E-state index contributed by atoms with van der Waals surface area (Å²) in [6.07, 6.45) is 3.21. The van der Waals surface area contributed by atoms with Gasteiger partial charge in [0, 0.05) is 17.8 Å². The molecule has 2 aromatic rings. The van der Waals surface area contributed by atoms with E-state index >= 15 is 0 Å². The Morgan fingerprint density at radius 3 is 2.64 bits per heavy atom. The summed E-state index contributed by atoms with van der Waals surface area (Å²) in [4.78, 5) is 24.0. The zero-order valence-electron chi connectivity index (χ0n) is 15.8. The summed E-state index contributed by atoms with van der Waals surface area (Å²) in [7, 11) is 0. The maximum atomic E-state index is 12.4. The molecule has 1 N–H and O–H groups in total. The van der Waals surface area contributed by atoms with Crippen LogP contribution < -0.4 is 10.4 Å². The number of carboxylic acids is 1. The molecule has 0 saturated carbocycles. The molecular weight excluding hydrogens is 360 g/mol. The molecule has 0 radical (unpaired) electrons. The van der Waals surface area contributed by atoms with Gasteiger partial charge in [-0.3, -0.25) is 14.5 Å². The van der Waals surface area contributed by atoms with Gasteiger partial charge >= 0.3 is 5.97 Å². The number of carboxylic acid groups (broad SMARTS) is 1. The van der Waals surface area contributed by atoms with Crippen molar-refractivity contribution in [1.29, 1.82) is 0 Å². The third kappa shape index (κ3) is 2.36. The first kappa shape index (κ1) is 17.5. The molecule has 7 nitrogen and oxygen atoms in total. The lowest BCUT2D eigenvalue weighted by Gasteiger charge is -2.51. The van der Waals surface area contributed by atoms with Crippen molar-refractivity contribution in [2.45, 2.75) is 44.1 Å². The molecule has 3 aliphatic rings. The quantitative estimate of drug-likeness (QED) is 0.816. The SMILES string of the molecule is CC1(C)OCC2(CCC3c4ccccc4-c4cc(=O)c(C(=O)O)cn4N32)CO1. The maximum absolute atomic E-state index is 12.4. The second kappa shape index (κ2) is 5.68. The minimum atomic E-state index is -1.22. The zero-order chi connectivity index (χ0) is 19.7. The van der Waals surface area contributed by atoms with E-state index in [1.54, 1.807) is 0 Å². The molecule has 3 aliphatic heterocycles. The van der Waals surface area contributed by atoms with Crippen LogP contribution in [-0.4, -0.2) is 40.3 Å². The molecule has 4 heterocycles. The molecule has 1 aromatic heterocycles. The molecule has 7 heteroatoms. The van der Waals surface area contributed by atoms with Crippen LogP contribution in [0.15, 0.2) is 41.3 Å². The summed E-state index contributed by atoms with van der Waals surface area (Å²) >= 11 is 0. The Morgan fingerprint density at radius 1 is 1.21 bits per heavy atom. The van der Waals surface area contributed by atoms with Crippen molar-refractivity contribution in [2.24, 2.45) is 0 Å². The number of fused-ring (bicyclic) bond motifs is 7. The van der Waals surface area contributed by atoms with Crippen LogP contribution in [0.1, 0.15) is 48.7 Å². The van der Waals surface area contributed by atoms with Crippen LogP contribution in [0, 0.1) is 0 Å². The van der Waals surface area contributed by atoms with Gasteiger partial charge < -0.3 is 14.6 Å². The van der Waals surface area contributed by atoms with Crippen molar-refractivity contribution < 1.29 is 19.4 Å². The van der Waals surface area contributed by atoms with Crippen LogP contribution in [0.4, 0.5) is 0 Å². The largest absolute Gasteiger partial charge is 0.477 e. The topological polar surface area (TPSA) is 81.0 Å². The van der Waals surface area contributed by atoms with E-state index in [2.05, 4.69) is 11.1 Å². The Morgan fingerprint density at radius 2 is 1.93 bits per heavy atom. The first-order chi connectivity index (χ1) is 13.3. The van der Waals surface area contributed by atoms with Gasteiger partial charge in [0.2, 0.25) is 0 Å². The summed E-state index contributed by atoms with van der Waals surface area (Å²) in [5.74, 6) is -1.86. The highest BCUT2D eigenvalue weighted by atomic mass is 16.7. The molecule has 1 unspecified atom stereocenters. The van der Waals surface area contributed by atoms with Crippen molar-refractivity contribution >= 4 is 5.97 Å². The van der Waals surface area contributed by atoms with Crippen LogP contribution in [0.3, 0.4) is 0 Å². The lowest BCUT2D eigenvalue weighted by molar-refractivity contribution is -0.268. The average molecular weight is 382 g/mol. The van der Waals surface area contributed by atoms with Crippen molar-refractivity contribution in [3.05, 3.63) is 57.9 Å². The summed E-state index contributed by atoms with van der Waals surface area (Å²) in [6, 6.07) is 9.51. The van der Waals surface area contributed by atoms with Crippen LogP contribution in [-0.2, 0) is 9.47 Å². The normalized spacial score (nSPS) is 23.8. The Bertz CT molecular complexity index is 1030. The van der Waals surface area contributed by atoms with Crippen molar-refractivity contribution in [3.8, 4) is 11.3 Å². The highest BCUT2D eigenvalue weighted by Crippen LogP contribution is 2.49. The lowest BCUT2D eigenvalue weighted by Crippen LogP contribution is -2.63. The first-order valence-corrected chi connectivity index (χ1v) is 9.48. The van der Waals surface area contributed by atoms with E-state index in [-0.39, 0.29) is 11.6 Å². The minimum absolute atomic E-state index is 0.0706. The smallest absolute Gasteiger partial charge is 0.341 e. The highest BCUT2D eigenvalue weighted by Gasteiger charge is 2.53. The summed E-state index contributed by atoms with van der Waals surface area (Å²) in [6.45, 7) is 4.75. The van der Waals surface area contributed by atoms with Crippen molar-refractivity contribution in [1.82, 2.24) is 4.68 Å². The molecule has 146 valence electrons. The molecule has 1 atom stereocenters. The zero-order valence-corrected chi connectivity index (χ0v) is 15.8. The molecule has 1 spiro atoms. The Balaban J connectivity index is 1.73. The molecule has 5 rings (SSSR count). The number of nitrogens with zero attached hydrogens (tertiary/aromatic N) is 2. The molecule has 0 aliphatic carbocycles. The number of ether oxygens (including phenoxy) is 2. The number of benzene rings is 1. The summed E-state index contributed by atoms with van der Waals surface area (Å²) < 4.78 is 13.8. The van der Waals surface area contributed by atoms with Gasteiger partial charge in [-0.15, -0.1) is 0 Å². The predicted octanol–water partition coefficient (Wildman–Crippen LogP) is 2.52. The molecule has 2 saturated heterocycles. The van der Waals surface area contributed by atoms with Gasteiger partial charge in [-0.2, -0.15) is 0 Å². The van der Waals surface area contributed by atoms with Gasteiger partial charge in [0.05, 0.1) is 24.9 Å². The standard InChI is InChI=1S/C21H22N2O5/c1-20(2)27-11-21(12-28-20)8-7-16-13-5-3-4-6-14(13)17-9-18(24)15(19(25)26)10-22(17)23(16)21/h3-6,9-10,16H,7-8,11-12H2,1-2H3,(H,25,26). The van der Waals surface area contributed by atoms with E-state index in [0.717, 1.165) is 24.0 Å². The Labute approximate surface area is 162 Å². The number of aromatic nitrogens is 1. The summed E-state index contributed by atoms with van der Waals surface area (Å²) in [5.41, 5.74) is 1.68. The van der Waals surface area contributed by atoms with E-state index < -0.39 is 22.7 Å². The van der Waals surface area contributed by atoms with Crippen LogP contribution >= 0.6 is 0 Å². The number of hydrogen-bond donors (Lipinski definition) is 1. The van der Waals surface area contributed by atoms with Crippen molar-refractivity contribution in [2.75, 3.05) is 18.2 Å². The van der Waals surface area contributed by atoms with E-state index in [0.29, 0.717) is 18.9 Å². The Kier molecular flexibility index (Phi) is 3.54. The van der Waals surface area contributed by atoms with Gasteiger partial charge in [0.1, 0.15) is 11.1 Å². The van der Waals surface area contributed by atoms with Crippen LogP contribution in [0.2, 0.25) is 0 Å². The number of carbonyl (C=O) groups is 1. The monoisotopic (exact) mass is 382 g/mol. The fourth-order valence-electron chi connectivity index (χ4n) is 4.70. The van der Waals surface area contributed by atoms with E-state index in [9.17, 15) is 14.7 Å².